The molecule has 1 saturated heterocycles. The average molecular weight is 302 g/mol. The first kappa shape index (κ1) is 14.5. The molecule has 2 atom stereocenters. The third kappa shape index (κ3) is 3.60. The van der Waals surface area contributed by atoms with E-state index in [0.717, 1.165) is 37.0 Å². The van der Waals surface area contributed by atoms with Gasteiger partial charge in [-0.2, -0.15) is 4.37 Å². The van der Waals surface area contributed by atoms with Crippen molar-refractivity contribution in [2.24, 2.45) is 5.92 Å². The van der Waals surface area contributed by atoms with Gasteiger partial charge in [-0.25, -0.2) is 4.98 Å². The minimum absolute atomic E-state index is 0.464. The maximum absolute atomic E-state index is 4.51. The lowest BCUT2D eigenvalue weighted by molar-refractivity contribution is 0.319. The Bertz CT molecular complexity index is 569. The number of rotatable bonds is 5. The van der Waals surface area contributed by atoms with E-state index in [9.17, 15) is 0 Å². The van der Waals surface area contributed by atoms with Gasteiger partial charge in [0.25, 0.3) is 0 Å². The molecule has 112 valence electrons. The fourth-order valence-corrected chi connectivity index (χ4v) is 3.55. The zero-order valence-corrected chi connectivity index (χ0v) is 13.4. The van der Waals surface area contributed by atoms with E-state index in [2.05, 4.69) is 63.8 Å². The van der Waals surface area contributed by atoms with Crippen molar-refractivity contribution in [3.05, 3.63) is 41.7 Å². The molecule has 21 heavy (non-hydrogen) atoms. The van der Waals surface area contributed by atoms with E-state index < -0.39 is 0 Å². The number of aryl methyl sites for hydroxylation is 1. The lowest BCUT2D eigenvalue weighted by Crippen LogP contribution is -2.27. The van der Waals surface area contributed by atoms with Crippen molar-refractivity contribution in [3.8, 4) is 0 Å². The normalized spacial score (nSPS) is 22.6. The van der Waals surface area contributed by atoms with E-state index in [4.69, 9.17) is 0 Å². The van der Waals surface area contributed by atoms with Crippen molar-refractivity contribution in [3.63, 3.8) is 0 Å². The van der Waals surface area contributed by atoms with Gasteiger partial charge in [0, 0.05) is 43.6 Å². The van der Waals surface area contributed by atoms with Gasteiger partial charge in [-0.05, 0) is 11.5 Å². The third-order valence-electron chi connectivity index (χ3n) is 4.03. The zero-order chi connectivity index (χ0) is 14.7. The summed E-state index contributed by atoms with van der Waals surface area (Å²) in [6.45, 7) is 7.62. The molecule has 4 nitrogen and oxygen atoms in total. The summed E-state index contributed by atoms with van der Waals surface area (Å²) in [5.74, 6) is 1.57. The van der Waals surface area contributed by atoms with E-state index >= 15 is 0 Å². The predicted octanol–water partition coefficient (Wildman–Crippen LogP) is 3.03. The first-order valence-electron chi connectivity index (χ1n) is 7.60. The number of nitrogens with zero attached hydrogens (tertiary/aromatic N) is 3. The van der Waals surface area contributed by atoms with Crippen molar-refractivity contribution < 1.29 is 0 Å². The Morgan fingerprint density at radius 1 is 1.29 bits per heavy atom. The van der Waals surface area contributed by atoms with Crippen LogP contribution >= 0.6 is 11.5 Å². The maximum atomic E-state index is 4.51. The van der Waals surface area contributed by atoms with Crippen LogP contribution in [-0.2, 0) is 13.0 Å². The van der Waals surface area contributed by atoms with Crippen molar-refractivity contribution in [2.75, 3.05) is 18.4 Å². The van der Waals surface area contributed by atoms with Gasteiger partial charge < -0.3 is 5.32 Å². The average Bonchev–Trinajstić information content (AvgIpc) is 3.08. The number of likely N-dealkylation sites (tertiary alicyclic amines) is 1. The summed E-state index contributed by atoms with van der Waals surface area (Å²) in [5.41, 5.74) is 1.38. The highest BCUT2D eigenvalue weighted by molar-refractivity contribution is 7.09. The van der Waals surface area contributed by atoms with Crippen molar-refractivity contribution >= 4 is 16.7 Å². The smallest absolute Gasteiger partial charge is 0.202 e. The predicted molar refractivity (Wildman–Crippen MR) is 87.6 cm³/mol. The van der Waals surface area contributed by atoms with E-state index in [-0.39, 0.29) is 0 Å². The summed E-state index contributed by atoms with van der Waals surface area (Å²) < 4.78 is 4.34. The molecule has 0 amide bonds. The van der Waals surface area contributed by atoms with Crippen LogP contribution in [0.4, 0.5) is 5.13 Å². The molecule has 0 radical (unpaired) electrons. The topological polar surface area (TPSA) is 41.1 Å². The van der Waals surface area contributed by atoms with Crippen LogP contribution in [-0.4, -0.2) is 33.4 Å². The molecule has 5 heteroatoms. The molecule has 1 aromatic carbocycles. The molecular weight excluding hydrogens is 280 g/mol. The molecule has 2 heterocycles. The number of nitrogens with one attached hydrogen (secondary N) is 1. The number of benzene rings is 1. The Balaban J connectivity index is 1.58. The highest BCUT2D eigenvalue weighted by Gasteiger charge is 2.30. The van der Waals surface area contributed by atoms with Crippen LogP contribution < -0.4 is 5.32 Å². The van der Waals surface area contributed by atoms with Gasteiger partial charge in [0.2, 0.25) is 5.13 Å². The third-order valence-corrected chi connectivity index (χ3v) is 4.71. The van der Waals surface area contributed by atoms with Crippen LogP contribution in [0.3, 0.4) is 0 Å². The first-order chi connectivity index (χ1) is 10.2. The van der Waals surface area contributed by atoms with Crippen LogP contribution in [0.2, 0.25) is 0 Å². The van der Waals surface area contributed by atoms with Crippen LogP contribution in [0, 0.1) is 5.92 Å². The monoisotopic (exact) mass is 302 g/mol. The summed E-state index contributed by atoms with van der Waals surface area (Å²) in [6.07, 6.45) is 0.901. The summed E-state index contributed by atoms with van der Waals surface area (Å²) in [4.78, 5) is 7.03. The van der Waals surface area contributed by atoms with Crippen LogP contribution in [0.5, 0.6) is 0 Å². The molecule has 1 aliphatic heterocycles. The summed E-state index contributed by atoms with van der Waals surface area (Å²) in [5, 5.41) is 4.53. The second kappa shape index (κ2) is 6.54. The molecule has 1 aliphatic rings. The molecule has 0 aliphatic carbocycles. The molecule has 1 N–H and O–H groups in total. The summed E-state index contributed by atoms with van der Waals surface area (Å²) in [7, 11) is 0. The molecule has 0 bridgehead atoms. The number of hydrogen-bond donors (Lipinski definition) is 1. The Morgan fingerprint density at radius 3 is 2.81 bits per heavy atom. The maximum Gasteiger partial charge on any atom is 0.202 e. The minimum Gasteiger partial charge on any atom is -0.356 e. The molecule has 0 saturated carbocycles. The van der Waals surface area contributed by atoms with E-state index in [1.54, 1.807) is 0 Å². The van der Waals surface area contributed by atoms with E-state index in [1.165, 1.54) is 17.1 Å². The lowest BCUT2D eigenvalue weighted by atomic mass is 10.1. The van der Waals surface area contributed by atoms with Crippen LogP contribution in [0.15, 0.2) is 30.3 Å². The molecule has 1 aromatic heterocycles. The Kier molecular flexibility index (Phi) is 4.51. The van der Waals surface area contributed by atoms with Gasteiger partial charge >= 0.3 is 0 Å². The van der Waals surface area contributed by atoms with Crippen LogP contribution in [0.25, 0.3) is 0 Å². The summed E-state index contributed by atoms with van der Waals surface area (Å²) in [6, 6.07) is 11.1. The second-order valence-corrected chi connectivity index (χ2v) is 6.53. The van der Waals surface area contributed by atoms with Crippen LogP contribution in [0.1, 0.15) is 25.2 Å². The number of anilines is 1. The molecule has 3 rings (SSSR count). The fraction of sp³-hybridized carbons (Fsp3) is 0.500. The number of hydrogen-bond acceptors (Lipinski definition) is 5. The van der Waals surface area contributed by atoms with E-state index in [1.807, 2.05) is 0 Å². The molecular formula is C16H22N4S. The molecule has 0 spiro atoms. The van der Waals surface area contributed by atoms with Gasteiger partial charge in [0.15, 0.2) is 0 Å². The van der Waals surface area contributed by atoms with E-state index in [0.29, 0.717) is 12.0 Å². The fourth-order valence-electron chi connectivity index (χ4n) is 2.84. The van der Waals surface area contributed by atoms with Crippen molar-refractivity contribution in [1.29, 1.82) is 0 Å². The summed E-state index contributed by atoms with van der Waals surface area (Å²) >= 11 is 1.48. The Labute approximate surface area is 130 Å². The Morgan fingerprint density at radius 2 is 2.10 bits per heavy atom. The highest BCUT2D eigenvalue weighted by atomic mass is 32.1. The molecule has 2 unspecified atom stereocenters. The standard InChI is InChI=1S/C16H22N4S/c1-3-15-18-16(21-19-15)17-14-11-20(9-12(14)2)10-13-7-5-4-6-8-13/h4-8,12,14H,3,9-11H2,1-2H3,(H,17,18,19). The van der Waals surface area contributed by atoms with Gasteiger partial charge in [-0.1, -0.05) is 44.2 Å². The Hall–Kier alpha value is -1.46. The second-order valence-electron chi connectivity index (χ2n) is 5.78. The highest BCUT2D eigenvalue weighted by Crippen LogP contribution is 2.23. The molecule has 1 fully saturated rings. The van der Waals surface area contributed by atoms with Crippen molar-refractivity contribution in [1.82, 2.24) is 14.3 Å². The zero-order valence-electron chi connectivity index (χ0n) is 12.6. The quantitative estimate of drug-likeness (QED) is 0.922. The van der Waals surface area contributed by atoms with Gasteiger partial charge in [0.05, 0.1) is 0 Å². The minimum atomic E-state index is 0.464. The number of aromatic nitrogens is 2. The van der Waals surface area contributed by atoms with Gasteiger partial charge in [-0.15, -0.1) is 0 Å². The first-order valence-corrected chi connectivity index (χ1v) is 8.37. The largest absolute Gasteiger partial charge is 0.356 e. The van der Waals surface area contributed by atoms with Gasteiger partial charge in [0.1, 0.15) is 5.82 Å². The lowest BCUT2D eigenvalue weighted by Gasteiger charge is -2.16. The van der Waals surface area contributed by atoms with Gasteiger partial charge in [-0.3, -0.25) is 4.90 Å². The SMILES string of the molecule is CCc1nsc(NC2CN(Cc3ccccc3)CC2C)n1. The molecule has 2 aromatic rings. The van der Waals surface area contributed by atoms with Crippen molar-refractivity contribution in [2.45, 2.75) is 32.9 Å².